The van der Waals surface area contributed by atoms with Gasteiger partial charge in [0.15, 0.2) is 0 Å². The van der Waals surface area contributed by atoms with Crippen LogP contribution in [0.25, 0.3) is 5.69 Å². The number of aromatic nitrogens is 4. The lowest BCUT2D eigenvalue weighted by Gasteiger charge is -2.18. The SMILES string of the molecule is Cc1ncccc1N1Cc2nn(-c3ccc(N4CC[C@@H](F)C4)nc3)cc2C1=O. The number of fused-ring (bicyclic) bond motifs is 1. The van der Waals surface area contributed by atoms with Crippen molar-refractivity contribution in [1.29, 1.82) is 0 Å². The number of halogens is 1. The molecule has 2 aliphatic heterocycles. The summed E-state index contributed by atoms with van der Waals surface area (Å²) in [4.78, 5) is 25.2. The summed E-state index contributed by atoms with van der Waals surface area (Å²) in [5, 5.41) is 4.58. The number of hydrogen-bond donors (Lipinski definition) is 0. The largest absolute Gasteiger partial charge is 0.354 e. The van der Waals surface area contributed by atoms with Crippen molar-refractivity contribution in [2.45, 2.75) is 26.1 Å². The molecular formula is C20H19FN6O. The molecular weight excluding hydrogens is 359 g/mol. The number of aryl methyl sites for hydroxylation is 1. The van der Waals surface area contributed by atoms with Gasteiger partial charge in [0, 0.05) is 18.9 Å². The highest BCUT2D eigenvalue weighted by molar-refractivity contribution is 6.09. The first kappa shape index (κ1) is 16.9. The minimum Gasteiger partial charge on any atom is -0.354 e. The molecule has 5 heterocycles. The Morgan fingerprint density at radius 3 is 2.79 bits per heavy atom. The third-order valence-electron chi connectivity index (χ3n) is 5.30. The van der Waals surface area contributed by atoms with Crippen molar-refractivity contribution in [2.24, 2.45) is 0 Å². The molecule has 0 radical (unpaired) electrons. The lowest BCUT2D eigenvalue weighted by Crippen LogP contribution is -2.25. The zero-order valence-electron chi connectivity index (χ0n) is 15.4. The first-order valence-electron chi connectivity index (χ1n) is 9.27. The highest BCUT2D eigenvalue weighted by Crippen LogP contribution is 2.29. The van der Waals surface area contributed by atoms with Gasteiger partial charge in [-0.05, 0) is 37.6 Å². The van der Waals surface area contributed by atoms with Crippen molar-refractivity contribution in [3.05, 3.63) is 59.8 Å². The molecule has 1 amide bonds. The Kier molecular flexibility index (Phi) is 3.85. The van der Waals surface area contributed by atoms with Crippen LogP contribution < -0.4 is 9.80 Å². The van der Waals surface area contributed by atoms with E-state index in [9.17, 15) is 9.18 Å². The van der Waals surface area contributed by atoms with Crippen LogP contribution in [0, 0.1) is 6.92 Å². The van der Waals surface area contributed by atoms with E-state index in [4.69, 9.17) is 0 Å². The van der Waals surface area contributed by atoms with Gasteiger partial charge in [-0.3, -0.25) is 9.78 Å². The van der Waals surface area contributed by atoms with Crippen LogP contribution >= 0.6 is 0 Å². The Hall–Kier alpha value is -3.29. The van der Waals surface area contributed by atoms with Crippen molar-refractivity contribution in [3.8, 4) is 5.69 Å². The molecule has 0 unspecified atom stereocenters. The van der Waals surface area contributed by atoms with E-state index in [1.807, 2.05) is 36.1 Å². The number of rotatable bonds is 3. The molecule has 28 heavy (non-hydrogen) atoms. The first-order chi connectivity index (χ1) is 13.6. The van der Waals surface area contributed by atoms with Crippen LogP contribution in [0.15, 0.2) is 42.9 Å². The molecule has 142 valence electrons. The number of alkyl halides is 1. The summed E-state index contributed by atoms with van der Waals surface area (Å²) in [5.41, 5.74) is 3.71. The van der Waals surface area contributed by atoms with E-state index < -0.39 is 6.17 Å². The molecule has 7 nitrogen and oxygen atoms in total. The Morgan fingerprint density at radius 2 is 2.11 bits per heavy atom. The average Bonchev–Trinajstić information content (AvgIpc) is 3.39. The number of nitrogens with zero attached hydrogens (tertiary/aromatic N) is 6. The number of carbonyl (C=O) groups is 1. The Balaban J connectivity index is 1.38. The maximum atomic E-state index is 13.4. The number of amides is 1. The van der Waals surface area contributed by atoms with Crippen molar-refractivity contribution in [3.63, 3.8) is 0 Å². The molecule has 2 aliphatic rings. The monoisotopic (exact) mass is 378 g/mol. The van der Waals surface area contributed by atoms with Crippen molar-refractivity contribution in [2.75, 3.05) is 22.9 Å². The molecule has 1 saturated heterocycles. The van der Waals surface area contributed by atoms with Gasteiger partial charge in [0.1, 0.15) is 12.0 Å². The maximum absolute atomic E-state index is 13.4. The minimum absolute atomic E-state index is 0.0759. The van der Waals surface area contributed by atoms with E-state index in [0.717, 1.165) is 28.6 Å². The third-order valence-corrected chi connectivity index (χ3v) is 5.30. The van der Waals surface area contributed by atoms with Crippen LogP contribution in [0.4, 0.5) is 15.9 Å². The molecule has 0 aromatic carbocycles. The van der Waals surface area contributed by atoms with Crippen LogP contribution in [0.3, 0.4) is 0 Å². The van der Waals surface area contributed by atoms with Crippen LogP contribution in [0.2, 0.25) is 0 Å². The lowest BCUT2D eigenvalue weighted by molar-refractivity contribution is 0.0996. The van der Waals surface area contributed by atoms with Gasteiger partial charge in [0.05, 0.1) is 47.6 Å². The Labute approximate surface area is 161 Å². The summed E-state index contributed by atoms with van der Waals surface area (Å²) in [5.74, 6) is 0.686. The third kappa shape index (κ3) is 2.72. The smallest absolute Gasteiger partial charge is 0.262 e. The first-order valence-corrected chi connectivity index (χ1v) is 9.27. The van der Waals surface area contributed by atoms with E-state index in [0.29, 0.717) is 31.6 Å². The molecule has 0 saturated carbocycles. The van der Waals surface area contributed by atoms with E-state index >= 15 is 0 Å². The fraction of sp³-hybridized carbons (Fsp3) is 0.300. The highest BCUT2D eigenvalue weighted by Gasteiger charge is 2.33. The maximum Gasteiger partial charge on any atom is 0.262 e. The molecule has 1 atom stereocenters. The summed E-state index contributed by atoms with van der Waals surface area (Å²) in [6.45, 7) is 3.38. The van der Waals surface area contributed by atoms with Crippen molar-refractivity contribution in [1.82, 2.24) is 19.7 Å². The second kappa shape index (κ2) is 6.40. The molecule has 3 aromatic heterocycles. The van der Waals surface area contributed by atoms with Crippen molar-refractivity contribution >= 4 is 17.4 Å². The summed E-state index contributed by atoms with van der Waals surface area (Å²) in [6.07, 6.45) is 4.92. The predicted octanol–water partition coefficient (Wildman–Crippen LogP) is 2.68. The quantitative estimate of drug-likeness (QED) is 0.701. The Morgan fingerprint density at radius 1 is 1.21 bits per heavy atom. The van der Waals surface area contributed by atoms with Crippen LogP contribution in [-0.4, -0.2) is 44.9 Å². The molecule has 0 spiro atoms. The average molecular weight is 378 g/mol. The van der Waals surface area contributed by atoms with Gasteiger partial charge in [-0.1, -0.05) is 0 Å². The van der Waals surface area contributed by atoms with Gasteiger partial charge in [0.2, 0.25) is 0 Å². The molecule has 8 heteroatoms. The molecule has 0 bridgehead atoms. The van der Waals surface area contributed by atoms with Crippen molar-refractivity contribution < 1.29 is 9.18 Å². The summed E-state index contributed by atoms with van der Waals surface area (Å²) < 4.78 is 15.1. The predicted molar refractivity (Wildman–Crippen MR) is 103 cm³/mol. The zero-order chi connectivity index (χ0) is 19.3. The second-order valence-electron chi connectivity index (χ2n) is 7.14. The van der Waals surface area contributed by atoms with Gasteiger partial charge < -0.3 is 9.80 Å². The highest BCUT2D eigenvalue weighted by atomic mass is 19.1. The minimum atomic E-state index is -0.784. The second-order valence-corrected chi connectivity index (χ2v) is 7.14. The van der Waals surface area contributed by atoms with Gasteiger partial charge >= 0.3 is 0 Å². The molecule has 5 rings (SSSR count). The zero-order valence-corrected chi connectivity index (χ0v) is 15.4. The number of pyridine rings is 2. The van der Waals surface area contributed by atoms with Gasteiger partial charge in [-0.25, -0.2) is 14.1 Å². The Bertz CT molecular complexity index is 1050. The topological polar surface area (TPSA) is 67.2 Å². The van der Waals surface area contributed by atoms with Crippen LogP contribution in [0.5, 0.6) is 0 Å². The normalized spacial score (nSPS) is 18.8. The number of anilines is 2. The summed E-state index contributed by atoms with van der Waals surface area (Å²) in [7, 11) is 0. The number of carbonyl (C=O) groups excluding carboxylic acids is 1. The van der Waals surface area contributed by atoms with Gasteiger partial charge in [0.25, 0.3) is 5.91 Å². The molecule has 1 fully saturated rings. The fourth-order valence-corrected chi connectivity index (χ4v) is 3.79. The molecule has 0 N–H and O–H groups in total. The van der Waals surface area contributed by atoms with Crippen LogP contribution in [-0.2, 0) is 6.54 Å². The lowest BCUT2D eigenvalue weighted by atomic mass is 10.3. The molecule has 3 aromatic rings. The summed E-state index contributed by atoms with van der Waals surface area (Å²) >= 11 is 0. The van der Waals surface area contributed by atoms with Gasteiger partial charge in [-0.2, -0.15) is 5.10 Å². The molecule has 0 aliphatic carbocycles. The summed E-state index contributed by atoms with van der Waals surface area (Å²) in [6, 6.07) is 7.48. The van der Waals surface area contributed by atoms with E-state index in [1.54, 1.807) is 28.2 Å². The van der Waals surface area contributed by atoms with E-state index in [1.165, 1.54) is 0 Å². The fourth-order valence-electron chi connectivity index (χ4n) is 3.79. The number of hydrogen-bond acceptors (Lipinski definition) is 5. The van der Waals surface area contributed by atoms with Crippen LogP contribution in [0.1, 0.15) is 28.2 Å². The van der Waals surface area contributed by atoms with E-state index in [2.05, 4.69) is 15.1 Å². The standard InChI is InChI=1S/C20H19FN6O/c1-13-18(3-2-7-22-13)26-12-17-16(20(26)28)11-27(24-17)15-4-5-19(23-9-15)25-8-6-14(21)10-25/h2-5,7,9,11,14H,6,8,10,12H2,1H3/t14-/m1/s1. The van der Waals surface area contributed by atoms with Gasteiger partial charge in [-0.15, -0.1) is 0 Å². The van der Waals surface area contributed by atoms with E-state index in [-0.39, 0.29) is 5.91 Å².